The predicted octanol–water partition coefficient (Wildman–Crippen LogP) is 4.99. The van der Waals surface area contributed by atoms with Crippen molar-refractivity contribution in [2.24, 2.45) is 0 Å². The highest BCUT2D eigenvalue weighted by atomic mass is 19.1. The molecule has 0 aliphatic heterocycles. The molecule has 0 radical (unpaired) electrons. The number of allylic oxidation sites excluding steroid dienone is 1. The van der Waals surface area contributed by atoms with Crippen LogP contribution < -0.4 is 4.74 Å². The molecule has 3 rings (SSSR count). The molecule has 0 spiro atoms. The fourth-order valence-corrected chi connectivity index (χ4v) is 2.22. The first-order chi connectivity index (χ1) is 11.7. The molecular formula is C20H15FO3. The number of carbonyl (C=O) groups is 1. The Bertz CT molecular complexity index is 859. The zero-order valence-corrected chi connectivity index (χ0v) is 13.0. The highest BCUT2D eigenvalue weighted by Gasteiger charge is 2.05. The zero-order chi connectivity index (χ0) is 16.9. The number of methoxy groups -OCH3 is 1. The predicted molar refractivity (Wildman–Crippen MR) is 90.5 cm³/mol. The van der Waals surface area contributed by atoms with Crippen LogP contribution in [0.1, 0.15) is 16.1 Å². The third-order valence-corrected chi connectivity index (χ3v) is 3.53. The van der Waals surface area contributed by atoms with Gasteiger partial charge in [0.05, 0.1) is 7.11 Å². The van der Waals surface area contributed by atoms with Gasteiger partial charge in [0.15, 0.2) is 5.78 Å². The van der Waals surface area contributed by atoms with Crippen molar-refractivity contribution in [2.75, 3.05) is 7.11 Å². The van der Waals surface area contributed by atoms with Crippen molar-refractivity contribution in [2.45, 2.75) is 0 Å². The van der Waals surface area contributed by atoms with Gasteiger partial charge in [-0.3, -0.25) is 4.79 Å². The molecule has 3 nitrogen and oxygen atoms in total. The highest BCUT2D eigenvalue weighted by molar-refractivity contribution is 6.06. The molecule has 0 saturated carbocycles. The molecule has 3 aromatic rings. The fourth-order valence-electron chi connectivity index (χ4n) is 2.22. The van der Waals surface area contributed by atoms with Crippen LogP contribution in [0.4, 0.5) is 4.39 Å². The molecule has 1 aromatic heterocycles. The van der Waals surface area contributed by atoms with Gasteiger partial charge >= 0.3 is 0 Å². The number of carbonyl (C=O) groups excluding carboxylic acids is 1. The Kier molecular flexibility index (Phi) is 4.57. The van der Waals surface area contributed by atoms with Crippen LogP contribution in [-0.4, -0.2) is 12.9 Å². The summed E-state index contributed by atoms with van der Waals surface area (Å²) in [5.41, 5.74) is 1.34. The maximum absolute atomic E-state index is 12.9. The van der Waals surface area contributed by atoms with E-state index in [1.165, 1.54) is 30.3 Å². The Morgan fingerprint density at radius 2 is 1.71 bits per heavy atom. The number of hydrogen-bond donors (Lipinski definition) is 0. The van der Waals surface area contributed by atoms with E-state index in [1.54, 1.807) is 19.3 Å². The molecule has 0 N–H and O–H groups in total. The number of furan rings is 1. The molecule has 24 heavy (non-hydrogen) atoms. The standard InChI is InChI=1S/C20H15FO3/c1-23-17-8-4-15(5-9-17)20-13-11-18(24-20)10-12-19(22)14-2-6-16(21)7-3-14/h2-13H,1H3/b12-10+. The minimum atomic E-state index is -0.370. The minimum Gasteiger partial charge on any atom is -0.497 e. The molecule has 0 bridgehead atoms. The lowest BCUT2D eigenvalue weighted by molar-refractivity contribution is 0.104. The summed E-state index contributed by atoms with van der Waals surface area (Å²) in [7, 11) is 1.61. The summed E-state index contributed by atoms with van der Waals surface area (Å²) in [5, 5.41) is 0. The Morgan fingerprint density at radius 3 is 2.38 bits per heavy atom. The van der Waals surface area contributed by atoms with Crippen LogP contribution in [0.15, 0.2) is 71.2 Å². The molecule has 1 heterocycles. The van der Waals surface area contributed by atoms with Crippen molar-refractivity contribution >= 4 is 11.9 Å². The Morgan fingerprint density at radius 1 is 1.00 bits per heavy atom. The van der Waals surface area contributed by atoms with E-state index in [2.05, 4.69) is 0 Å². The van der Waals surface area contributed by atoms with Gasteiger partial charge in [-0.15, -0.1) is 0 Å². The SMILES string of the molecule is COc1ccc(-c2ccc(/C=C/C(=O)c3ccc(F)cc3)o2)cc1. The molecule has 0 atom stereocenters. The minimum absolute atomic E-state index is 0.211. The van der Waals surface area contributed by atoms with Crippen molar-refractivity contribution in [3.63, 3.8) is 0 Å². The van der Waals surface area contributed by atoms with Crippen LogP contribution in [0.25, 0.3) is 17.4 Å². The van der Waals surface area contributed by atoms with E-state index >= 15 is 0 Å². The smallest absolute Gasteiger partial charge is 0.185 e. The van der Waals surface area contributed by atoms with Crippen LogP contribution in [0, 0.1) is 5.82 Å². The van der Waals surface area contributed by atoms with Gasteiger partial charge in [0.2, 0.25) is 0 Å². The quantitative estimate of drug-likeness (QED) is 0.491. The Balaban J connectivity index is 1.73. The maximum Gasteiger partial charge on any atom is 0.185 e. The molecule has 0 fully saturated rings. The van der Waals surface area contributed by atoms with E-state index in [1.807, 2.05) is 30.3 Å². The zero-order valence-electron chi connectivity index (χ0n) is 13.0. The third-order valence-electron chi connectivity index (χ3n) is 3.53. The Hall–Kier alpha value is -3.14. The normalized spacial score (nSPS) is 10.9. The molecular weight excluding hydrogens is 307 g/mol. The average Bonchev–Trinajstić information content (AvgIpc) is 3.09. The Labute approximate surface area is 139 Å². The van der Waals surface area contributed by atoms with Gasteiger partial charge in [0.1, 0.15) is 23.1 Å². The number of ether oxygens (including phenoxy) is 1. The van der Waals surface area contributed by atoms with Crippen LogP contribution in [-0.2, 0) is 0 Å². The number of rotatable bonds is 5. The van der Waals surface area contributed by atoms with Gasteiger partial charge in [-0.1, -0.05) is 0 Å². The van der Waals surface area contributed by atoms with E-state index in [0.717, 1.165) is 11.3 Å². The second kappa shape index (κ2) is 6.96. The summed E-state index contributed by atoms with van der Waals surface area (Å²) in [6.07, 6.45) is 3.00. The fraction of sp³-hybridized carbons (Fsp3) is 0.0500. The average molecular weight is 322 g/mol. The van der Waals surface area contributed by atoms with E-state index in [9.17, 15) is 9.18 Å². The summed E-state index contributed by atoms with van der Waals surface area (Å²) in [6, 6.07) is 16.5. The lowest BCUT2D eigenvalue weighted by atomic mass is 10.1. The van der Waals surface area contributed by atoms with Crippen molar-refractivity contribution in [3.8, 4) is 17.1 Å². The van der Waals surface area contributed by atoms with Crippen molar-refractivity contribution in [1.29, 1.82) is 0 Å². The number of benzene rings is 2. The van der Waals surface area contributed by atoms with Gasteiger partial charge in [-0.05, 0) is 72.8 Å². The van der Waals surface area contributed by atoms with Gasteiger partial charge in [-0.25, -0.2) is 4.39 Å². The van der Waals surface area contributed by atoms with Gasteiger partial charge in [-0.2, -0.15) is 0 Å². The maximum atomic E-state index is 12.9. The van der Waals surface area contributed by atoms with Crippen molar-refractivity contribution in [1.82, 2.24) is 0 Å². The first-order valence-corrected chi connectivity index (χ1v) is 7.38. The molecule has 0 saturated heterocycles. The first kappa shape index (κ1) is 15.7. The van der Waals surface area contributed by atoms with E-state index in [0.29, 0.717) is 17.1 Å². The van der Waals surface area contributed by atoms with Crippen molar-refractivity contribution < 1.29 is 18.3 Å². The van der Waals surface area contributed by atoms with Crippen LogP contribution in [0.3, 0.4) is 0 Å². The topological polar surface area (TPSA) is 39.4 Å². The summed E-state index contributed by atoms with van der Waals surface area (Å²) >= 11 is 0. The molecule has 0 aliphatic carbocycles. The summed E-state index contributed by atoms with van der Waals surface area (Å²) < 4.78 is 23.7. The largest absolute Gasteiger partial charge is 0.497 e. The second-order valence-corrected chi connectivity index (χ2v) is 5.13. The molecule has 4 heteroatoms. The second-order valence-electron chi connectivity index (χ2n) is 5.13. The highest BCUT2D eigenvalue weighted by Crippen LogP contribution is 2.25. The lowest BCUT2D eigenvalue weighted by Crippen LogP contribution is -1.93. The molecule has 120 valence electrons. The van der Waals surface area contributed by atoms with Crippen molar-refractivity contribution in [3.05, 3.63) is 83.9 Å². The molecule has 0 unspecified atom stereocenters. The number of hydrogen-bond acceptors (Lipinski definition) is 3. The summed E-state index contributed by atoms with van der Waals surface area (Å²) in [4.78, 5) is 12.0. The van der Waals surface area contributed by atoms with Crippen LogP contribution in [0.5, 0.6) is 5.75 Å². The molecule has 0 aliphatic rings. The van der Waals surface area contributed by atoms with Gasteiger partial charge in [0.25, 0.3) is 0 Å². The lowest BCUT2D eigenvalue weighted by Gasteiger charge is -2.00. The van der Waals surface area contributed by atoms with E-state index in [4.69, 9.17) is 9.15 Å². The van der Waals surface area contributed by atoms with Gasteiger partial charge in [0, 0.05) is 11.1 Å². The van der Waals surface area contributed by atoms with Crippen LogP contribution >= 0.6 is 0 Å². The monoisotopic (exact) mass is 322 g/mol. The first-order valence-electron chi connectivity index (χ1n) is 7.38. The van der Waals surface area contributed by atoms with Crippen LogP contribution in [0.2, 0.25) is 0 Å². The summed E-state index contributed by atoms with van der Waals surface area (Å²) in [6.45, 7) is 0. The number of ketones is 1. The summed E-state index contributed by atoms with van der Waals surface area (Å²) in [5.74, 6) is 1.46. The van der Waals surface area contributed by atoms with E-state index < -0.39 is 0 Å². The molecule has 0 amide bonds. The molecule has 2 aromatic carbocycles. The van der Waals surface area contributed by atoms with Gasteiger partial charge < -0.3 is 9.15 Å². The number of halogens is 1. The van der Waals surface area contributed by atoms with E-state index in [-0.39, 0.29) is 11.6 Å². The third kappa shape index (κ3) is 3.60.